The Labute approximate surface area is 277 Å². The number of amides is 1. The molecule has 7 nitrogen and oxygen atoms in total. The number of anilines is 3. The molecule has 5 aromatic rings. The molecular formula is C39H39N3O4S. The molecule has 1 heterocycles. The first kappa shape index (κ1) is 31.9. The molecule has 0 bridgehead atoms. The lowest BCUT2D eigenvalue weighted by molar-refractivity contribution is 0.0968. The summed E-state index contributed by atoms with van der Waals surface area (Å²) in [5.41, 5.74) is 6.31. The number of carbonyl (C=O) groups excluding carboxylic acids is 1. The van der Waals surface area contributed by atoms with E-state index in [1.165, 1.54) is 11.6 Å². The van der Waals surface area contributed by atoms with Gasteiger partial charge in [0.15, 0.2) is 0 Å². The van der Waals surface area contributed by atoms with E-state index in [1.54, 1.807) is 29.2 Å². The second-order valence-electron chi connectivity index (χ2n) is 12.1. The van der Waals surface area contributed by atoms with Crippen molar-refractivity contribution in [2.75, 3.05) is 21.1 Å². The van der Waals surface area contributed by atoms with E-state index >= 15 is 0 Å². The average molecular weight is 646 g/mol. The fourth-order valence-corrected chi connectivity index (χ4v) is 7.00. The fraction of sp³-hybridized carbons (Fsp3) is 0.205. The summed E-state index contributed by atoms with van der Waals surface area (Å²) in [6.45, 7) is 9.19. The minimum Gasteiger partial charge on any atom is -0.494 e. The van der Waals surface area contributed by atoms with Crippen molar-refractivity contribution in [3.05, 3.63) is 149 Å². The first-order valence-corrected chi connectivity index (χ1v) is 17.3. The van der Waals surface area contributed by atoms with Gasteiger partial charge in [0.2, 0.25) is 0 Å². The molecule has 1 aliphatic rings. The quantitative estimate of drug-likeness (QED) is 0.164. The van der Waals surface area contributed by atoms with E-state index in [0.29, 0.717) is 47.4 Å². The van der Waals surface area contributed by atoms with Crippen LogP contribution in [-0.4, -0.2) is 20.9 Å². The number of ether oxygens (including phenoxy) is 1. The minimum absolute atomic E-state index is 0.0104. The van der Waals surface area contributed by atoms with E-state index in [4.69, 9.17) is 4.74 Å². The van der Waals surface area contributed by atoms with Crippen LogP contribution in [0.25, 0.3) is 0 Å². The van der Waals surface area contributed by atoms with Gasteiger partial charge >= 0.3 is 0 Å². The highest BCUT2D eigenvalue weighted by molar-refractivity contribution is 7.92. The number of sulfonamides is 1. The number of nitrogens with one attached hydrogen (secondary N) is 1. The lowest BCUT2D eigenvalue weighted by atomic mass is 9.96. The summed E-state index contributed by atoms with van der Waals surface area (Å²) < 4.78 is 35.6. The fourth-order valence-electron chi connectivity index (χ4n) is 5.91. The van der Waals surface area contributed by atoms with Gasteiger partial charge in [0.25, 0.3) is 15.9 Å². The van der Waals surface area contributed by atoms with Crippen molar-refractivity contribution >= 4 is 33.0 Å². The normalized spacial score (nSPS) is 14.7. The van der Waals surface area contributed by atoms with Gasteiger partial charge in [-0.2, -0.15) is 0 Å². The van der Waals surface area contributed by atoms with Crippen LogP contribution in [0.3, 0.4) is 0 Å². The molecule has 0 fully saturated rings. The number of benzene rings is 5. The van der Waals surface area contributed by atoms with Crippen LogP contribution in [0.5, 0.6) is 5.75 Å². The van der Waals surface area contributed by atoms with Gasteiger partial charge in [-0.05, 0) is 91.1 Å². The molecule has 8 heteroatoms. The van der Waals surface area contributed by atoms with E-state index in [-0.39, 0.29) is 10.8 Å². The van der Waals surface area contributed by atoms with Crippen molar-refractivity contribution in [1.29, 1.82) is 0 Å². The first-order chi connectivity index (χ1) is 22.6. The lowest BCUT2D eigenvalue weighted by Gasteiger charge is -2.46. The average Bonchev–Trinajstić information content (AvgIpc) is 3.08. The van der Waals surface area contributed by atoms with Crippen LogP contribution in [0.4, 0.5) is 17.1 Å². The van der Waals surface area contributed by atoms with E-state index < -0.39 is 16.2 Å². The molecule has 1 N–H and O–H groups in total. The Morgan fingerprint density at radius 1 is 0.830 bits per heavy atom. The summed E-state index contributed by atoms with van der Waals surface area (Å²) in [6, 6.07) is 37.9. The molecule has 0 spiro atoms. The van der Waals surface area contributed by atoms with Crippen LogP contribution in [-0.2, 0) is 16.6 Å². The van der Waals surface area contributed by atoms with E-state index in [1.807, 2.05) is 68.4 Å². The van der Waals surface area contributed by atoms with E-state index in [0.717, 1.165) is 16.7 Å². The molecule has 1 amide bonds. The molecule has 5 aromatic carbocycles. The maximum absolute atomic E-state index is 14.7. The van der Waals surface area contributed by atoms with Crippen LogP contribution >= 0.6 is 0 Å². The summed E-state index contributed by atoms with van der Waals surface area (Å²) >= 11 is 0. The second kappa shape index (κ2) is 13.3. The largest absolute Gasteiger partial charge is 0.494 e. The number of fused-ring (bicyclic) bond motifs is 1. The zero-order chi connectivity index (χ0) is 33.1. The van der Waals surface area contributed by atoms with Gasteiger partial charge in [0.05, 0.1) is 22.8 Å². The highest BCUT2D eigenvalue weighted by Crippen LogP contribution is 2.43. The van der Waals surface area contributed by atoms with Crippen molar-refractivity contribution in [2.45, 2.75) is 51.2 Å². The molecule has 0 aliphatic carbocycles. The maximum Gasteiger partial charge on any atom is 0.262 e. The third-order valence-corrected chi connectivity index (χ3v) is 9.78. The number of hydrogen-bond acceptors (Lipinski definition) is 5. The van der Waals surface area contributed by atoms with Crippen LogP contribution in [0.2, 0.25) is 0 Å². The Morgan fingerprint density at radius 2 is 1.51 bits per heavy atom. The molecule has 1 atom stereocenters. The van der Waals surface area contributed by atoms with Crippen LogP contribution in [0.15, 0.2) is 126 Å². The van der Waals surface area contributed by atoms with Crippen molar-refractivity contribution in [3.63, 3.8) is 0 Å². The number of rotatable bonds is 10. The van der Waals surface area contributed by atoms with Gasteiger partial charge in [-0.15, -0.1) is 0 Å². The SMILES string of the molecule is CCOc1ccc(N2C(=O)c3cc(S(=O)(=O)Nc4ccc(C)cc4)ccc3N(Cc3ccccc3)[C@H]2c2ccc(C(C)C)cc2)cc1. The van der Waals surface area contributed by atoms with Crippen LogP contribution in [0.1, 0.15) is 65.5 Å². The minimum atomic E-state index is -3.99. The number of nitrogens with zero attached hydrogens (tertiary/aromatic N) is 2. The number of carbonyl (C=O) groups is 1. The molecule has 0 radical (unpaired) electrons. The third-order valence-electron chi connectivity index (χ3n) is 8.40. The van der Waals surface area contributed by atoms with E-state index in [2.05, 4.69) is 59.9 Å². The molecular weight excluding hydrogens is 607 g/mol. The highest BCUT2D eigenvalue weighted by Gasteiger charge is 2.40. The zero-order valence-corrected chi connectivity index (χ0v) is 27.9. The smallest absolute Gasteiger partial charge is 0.262 e. The Morgan fingerprint density at radius 3 is 2.15 bits per heavy atom. The Balaban J connectivity index is 1.51. The van der Waals surface area contributed by atoms with Gasteiger partial charge in [-0.25, -0.2) is 8.42 Å². The molecule has 0 unspecified atom stereocenters. The summed E-state index contributed by atoms with van der Waals surface area (Å²) in [5.74, 6) is 0.767. The van der Waals surface area contributed by atoms with E-state index in [9.17, 15) is 13.2 Å². The molecule has 47 heavy (non-hydrogen) atoms. The molecule has 0 saturated heterocycles. The summed E-state index contributed by atoms with van der Waals surface area (Å²) in [6.07, 6.45) is -0.512. The van der Waals surface area contributed by atoms with Gasteiger partial charge in [0.1, 0.15) is 11.9 Å². The lowest BCUT2D eigenvalue weighted by Crippen LogP contribution is -2.49. The predicted octanol–water partition coefficient (Wildman–Crippen LogP) is 8.68. The van der Waals surface area contributed by atoms with Gasteiger partial charge in [-0.3, -0.25) is 14.4 Å². The Hall–Kier alpha value is -5.08. The number of aryl methyl sites for hydroxylation is 1. The van der Waals surface area contributed by atoms with Gasteiger partial charge < -0.3 is 9.64 Å². The van der Waals surface area contributed by atoms with Crippen LogP contribution in [0, 0.1) is 6.92 Å². The Kier molecular flexibility index (Phi) is 9.05. The molecule has 240 valence electrons. The molecule has 0 aromatic heterocycles. The maximum atomic E-state index is 14.7. The number of hydrogen-bond donors (Lipinski definition) is 1. The third kappa shape index (κ3) is 6.74. The first-order valence-electron chi connectivity index (χ1n) is 15.8. The molecule has 1 aliphatic heterocycles. The van der Waals surface area contributed by atoms with Gasteiger partial charge in [-0.1, -0.05) is 86.1 Å². The van der Waals surface area contributed by atoms with Crippen LogP contribution < -0.4 is 19.3 Å². The van der Waals surface area contributed by atoms with Gasteiger partial charge in [0, 0.05) is 17.9 Å². The molecule has 0 saturated carbocycles. The summed E-state index contributed by atoms with van der Waals surface area (Å²) in [5, 5.41) is 0. The van der Waals surface area contributed by atoms with Crippen molar-refractivity contribution < 1.29 is 17.9 Å². The summed E-state index contributed by atoms with van der Waals surface area (Å²) in [4.78, 5) is 18.7. The monoisotopic (exact) mass is 645 g/mol. The predicted molar refractivity (Wildman–Crippen MR) is 189 cm³/mol. The van der Waals surface area contributed by atoms with Crippen molar-refractivity contribution in [3.8, 4) is 5.75 Å². The second-order valence-corrected chi connectivity index (χ2v) is 13.7. The van der Waals surface area contributed by atoms with Crippen molar-refractivity contribution in [1.82, 2.24) is 0 Å². The molecule has 6 rings (SSSR count). The zero-order valence-electron chi connectivity index (χ0n) is 27.1. The topological polar surface area (TPSA) is 78.9 Å². The highest BCUT2D eigenvalue weighted by atomic mass is 32.2. The Bertz CT molecular complexity index is 1960. The summed E-state index contributed by atoms with van der Waals surface area (Å²) in [7, 11) is -3.99. The standard InChI is InChI=1S/C39H39N3O4S/c1-5-46-34-21-19-33(20-22-34)42-38(31-15-13-30(14-16-31)27(2)3)41(26-29-9-7-6-8-10-29)37-24-23-35(25-36(37)39(42)43)47(44,45)40-32-17-11-28(4)12-18-32/h6-25,27,38,40H,5,26H2,1-4H3/t38-/m1/s1. The van der Waals surface area contributed by atoms with Crippen molar-refractivity contribution in [2.24, 2.45) is 0 Å².